The van der Waals surface area contributed by atoms with E-state index in [9.17, 15) is 14.7 Å². The van der Waals surface area contributed by atoms with Gasteiger partial charge in [-0.2, -0.15) is 0 Å². The van der Waals surface area contributed by atoms with Crippen molar-refractivity contribution in [2.45, 2.75) is 38.8 Å². The van der Waals surface area contributed by atoms with Crippen molar-refractivity contribution in [3.63, 3.8) is 0 Å². The lowest BCUT2D eigenvalue weighted by molar-refractivity contribution is -0.140. The molecule has 7 nitrogen and oxygen atoms in total. The minimum Gasteiger partial charge on any atom is -0.507 e. The maximum atomic E-state index is 13.1. The van der Waals surface area contributed by atoms with E-state index in [1.807, 2.05) is 6.07 Å². The molecule has 1 unspecified atom stereocenters. The highest BCUT2D eigenvalue weighted by atomic mass is 16.5. The Morgan fingerprint density at radius 1 is 1.00 bits per heavy atom. The van der Waals surface area contributed by atoms with Gasteiger partial charge in [0.25, 0.3) is 11.7 Å². The SMILES string of the molecule is CCCCCOc1ccc(/C(O)=C2\C(=O)C(=O)N(Cc3ccccn3)C2c2ccncc2)cc1. The van der Waals surface area contributed by atoms with E-state index in [1.54, 1.807) is 67.1 Å². The van der Waals surface area contributed by atoms with Gasteiger partial charge in [-0.25, -0.2) is 0 Å². The largest absolute Gasteiger partial charge is 0.507 e. The fourth-order valence-electron chi connectivity index (χ4n) is 4.01. The number of likely N-dealkylation sites (tertiary alicyclic amines) is 1. The number of pyridine rings is 2. The maximum absolute atomic E-state index is 13.1. The van der Waals surface area contributed by atoms with Crippen LogP contribution < -0.4 is 4.74 Å². The average molecular weight is 458 g/mol. The Kier molecular flexibility index (Phi) is 7.32. The quantitative estimate of drug-likeness (QED) is 0.217. The summed E-state index contributed by atoms with van der Waals surface area (Å²) in [4.78, 5) is 35.9. The van der Waals surface area contributed by atoms with Gasteiger partial charge in [-0.05, 0) is 60.5 Å². The third-order valence-corrected chi connectivity index (χ3v) is 5.76. The van der Waals surface area contributed by atoms with E-state index in [1.165, 1.54) is 4.90 Å². The zero-order chi connectivity index (χ0) is 23.9. The Bertz CT molecular complexity index is 1160. The number of Topliss-reactive ketones (excluding diaryl/α,β-unsaturated/α-hetero) is 1. The van der Waals surface area contributed by atoms with Crippen LogP contribution in [-0.4, -0.2) is 38.3 Å². The molecule has 34 heavy (non-hydrogen) atoms. The number of aliphatic hydroxyl groups excluding tert-OH is 1. The van der Waals surface area contributed by atoms with Crippen molar-refractivity contribution in [1.82, 2.24) is 14.9 Å². The van der Waals surface area contributed by atoms with E-state index in [-0.39, 0.29) is 17.9 Å². The van der Waals surface area contributed by atoms with Crippen LogP contribution in [0.15, 0.2) is 78.8 Å². The second-order valence-corrected chi connectivity index (χ2v) is 8.11. The van der Waals surface area contributed by atoms with E-state index >= 15 is 0 Å². The second-order valence-electron chi connectivity index (χ2n) is 8.11. The predicted octanol–water partition coefficient (Wildman–Crippen LogP) is 4.67. The molecule has 7 heteroatoms. The molecule has 0 spiro atoms. The number of aromatic nitrogens is 2. The van der Waals surface area contributed by atoms with Crippen LogP contribution >= 0.6 is 0 Å². The molecular formula is C27H27N3O4. The number of ketones is 1. The fourth-order valence-corrected chi connectivity index (χ4v) is 4.01. The standard InChI is InChI=1S/C27H27N3O4/c1-2-3-6-17-34-22-10-8-20(9-11-22)25(31)23-24(19-12-15-28-16-13-19)30(27(33)26(23)32)18-21-7-4-5-14-29-21/h4-5,7-16,24,31H,2-3,6,17-18H2,1H3/b25-23+. The molecular weight excluding hydrogens is 430 g/mol. The summed E-state index contributed by atoms with van der Waals surface area (Å²) in [7, 11) is 0. The second kappa shape index (κ2) is 10.7. The Morgan fingerprint density at radius 3 is 2.44 bits per heavy atom. The van der Waals surface area contributed by atoms with Crippen LogP contribution in [0.2, 0.25) is 0 Å². The third kappa shape index (κ3) is 4.98. The summed E-state index contributed by atoms with van der Waals surface area (Å²) in [5.74, 6) is -0.935. The first-order valence-electron chi connectivity index (χ1n) is 11.4. The van der Waals surface area contributed by atoms with Crippen molar-refractivity contribution in [2.24, 2.45) is 0 Å². The molecule has 3 heterocycles. The Morgan fingerprint density at radius 2 is 1.76 bits per heavy atom. The molecule has 0 radical (unpaired) electrons. The zero-order valence-corrected chi connectivity index (χ0v) is 19.1. The van der Waals surface area contributed by atoms with Gasteiger partial charge in [0, 0.05) is 24.2 Å². The molecule has 0 saturated carbocycles. The van der Waals surface area contributed by atoms with Crippen LogP contribution in [0.4, 0.5) is 0 Å². The van der Waals surface area contributed by atoms with Gasteiger partial charge in [-0.1, -0.05) is 25.8 Å². The normalized spacial score (nSPS) is 17.2. The molecule has 3 aromatic rings. The first kappa shape index (κ1) is 23.2. The zero-order valence-electron chi connectivity index (χ0n) is 19.1. The number of amides is 1. The van der Waals surface area contributed by atoms with Gasteiger partial charge in [-0.3, -0.25) is 19.6 Å². The smallest absolute Gasteiger partial charge is 0.296 e. The molecule has 4 rings (SSSR count). The highest BCUT2D eigenvalue weighted by Gasteiger charge is 2.46. The van der Waals surface area contributed by atoms with Crippen LogP contribution in [0, 0.1) is 0 Å². The summed E-state index contributed by atoms with van der Waals surface area (Å²) in [6, 6.07) is 15.0. The summed E-state index contributed by atoms with van der Waals surface area (Å²) in [5, 5.41) is 11.2. The highest BCUT2D eigenvalue weighted by Crippen LogP contribution is 2.40. The van der Waals surface area contributed by atoms with Crippen LogP contribution in [0.5, 0.6) is 5.75 Å². The van der Waals surface area contributed by atoms with Crippen LogP contribution in [0.25, 0.3) is 5.76 Å². The first-order valence-corrected chi connectivity index (χ1v) is 11.4. The number of aliphatic hydroxyl groups is 1. The van der Waals surface area contributed by atoms with E-state index in [0.717, 1.165) is 19.3 Å². The fraction of sp³-hybridized carbons (Fsp3) is 0.259. The van der Waals surface area contributed by atoms with Crippen molar-refractivity contribution in [1.29, 1.82) is 0 Å². The van der Waals surface area contributed by atoms with E-state index in [4.69, 9.17) is 4.74 Å². The molecule has 1 aliphatic heterocycles. The summed E-state index contributed by atoms with van der Waals surface area (Å²) in [6.45, 7) is 2.90. The molecule has 1 amide bonds. The Hall–Kier alpha value is -4.00. The van der Waals surface area contributed by atoms with Gasteiger partial charge < -0.3 is 14.7 Å². The van der Waals surface area contributed by atoms with Crippen LogP contribution in [0.1, 0.15) is 49.0 Å². The average Bonchev–Trinajstić information content (AvgIpc) is 3.12. The predicted molar refractivity (Wildman–Crippen MR) is 128 cm³/mol. The first-order chi connectivity index (χ1) is 16.6. The number of hydrogen-bond donors (Lipinski definition) is 1. The molecule has 1 aliphatic rings. The number of rotatable bonds is 9. The number of benzene rings is 1. The van der Waals surface area contributed by atoms with E-state index in [2.05, 4.69) is 16.9 Å². The summed E-state index contributed by atoms with van der Waals surface area (Å²) < 4.78 is 5.74. The van der Waals surface area contributed by atoms with Crippen LogP contribution in [0.3, 0.4) is 0 Å². The highest BCUT2D eigenvalue weighted by molar-refractivity contribution is 6.46. The molecule has 2 aromatic heterocycles. The minimum absolute atomic E-state index is 0.0451. The van der Waals surface area contributed by atoms with Crippen molar-refractivity contribution >= 4 is 17.4 Å². The van der Waals surface area contributed by atoms with Crippen LogP contribution in [-0.2, 0) is 16.1 Å². The van der Waals surface area contributed by atoms with Gasteiger partial charge in [0.2, 0.25) is 0 Å². The lowest BCUT2D eigenvalue weighted by atomic mass is 9.96. The number of ether oxygens (including phenoxy) is 1. The molecule has 0 aliphatic carbocycles. The minimum atomic E-state index is -0.755. The molecule has 1 fully saturated rings. The van der Waals surface area contributed by atoms with Gasteiger partial charge in [0.05, 0.1) is 30.5 Å². The van der Waals surface area contributed by atoms with Gasteiger partial charge in [0.15, 0.2) is 0 Å². The lowest BCUT2D eigenvalue weighted by Gasteiger charge is -2.25. The van der Waals surface area contributed by atoms with Crippen molar-refractivity contribution in [2.75, 3.05) is 6.61 Å². The Labute approximate surface area is 198 Å². The summed E-state index contributed by atoms with van der Waals surface area (Å²) >= 11 is 0. The molecule has 1 atom stereocenters. The van der Waals surface area contributed by atoms with Crippen molar-refractivity contribution in [3.8, 4) is 5.75 Å². The molecule has 174 valence electrons. The summed E-state index contributed by atoms with van der Waals surface area (Å²) in [6.07, 6.45) is 8.03. The maximum Gasteiger partial charge on any atom is 0.296 e. The van der Waals surface area contributed by atoms with Gasteiger partial charge in [-0.15, -0.1) is 0 Å². The molecule has 1 aromatic carbocycles. The molecule has 1 saturated heterocycles. The number of unbranched alkanes of at least 4 members (excludes halogenated alkanes) is 2. The van der Waals surface area contributed by atoms with Gasteiger partial charge in [0.1, 0.15) is 11.5 Å². The third-order valence-electron chi connectivity index (χ3n) is 5.76. The van der Waals surface area contributed by atoms with Crippen molar-refractivity contribution < 1.29 is 19.4 Å². The number of carbonyl (C=O) groups excluding carboxylic acids is 2. The number of carbonyl (C=O) groups is 2. The monoisotopic (exact) mass is 457 g/mol. The number of hydrogen-bond acceptors (Lipinski definition) is 6. The topological polar surface area (TPSA) is 92.6 Å². The summed E-state index contributed by atoms with van der Waals surface area (Å²) in [5.41, 5.74) is 1.81. The van der Waals surface area contributed by atoms with Crippen molar-refractivity contribution in [3.05, 3.63) is 95.6 Å². The Balaban J connectivity index is 1.68. The van der Waals surface area contributed by atoms with Gasteiger partial charge >= 0.3 is 0 Å². The molecule has 1 N–H and O–H groups in total. The van der Waals surface area contributed by atoms with E-state index in [0.29, 0.717) is 29.2 Å². The number of nitrogens with zero attached hydrogens (tertiary/aromatic N) is 3. The lowest BCUT2D eigenvalue weighted by Crippen LogP contribution is -2.29. The van der Waals surface area contributed by atoms with E-state index < -0.39 is 17.7 Å². The molecule has 0 bridgehead atoms.